The number of amides is 1. The number of nitrogens with zero attached hydrogens (tertiary/aromatic N) is 2. The number of carbonyl (C=O) groups is 2. The highest BCUT2D eigenvalue weighted by atomic mass is 35.5. The highest BCUT2D eigenvalue weighted by Crippen LogP contribution is 2.27. The summed E-state index contributed by atoms with van der Waals surface area (Å²) in [5.74, 6) is -1.46. The van der Waals surface area contributed by atoms with Gasteiger partial charge in [-0.15, -0.1) is 0 Å². The quantitative estimate of drug-likeness (QED) is 0.403. The second kappa shape index (κ2) is 8.67. The average molecular weight is 454 g/mol. The van der Waals surface area contributed by atoms with Crippen molar-refractivity contribution in [1.82, 2.24) is 0 Å². The Balaban J connectivity index is 1.61. The summed E-state index contributed by atoms with van der Waals surface area (Å²) in [5.41, 5.74) is 0.341. The normalized spacial score (nSPS) is 14.9. The van der Waals surface area contributed by atoms with Gasteiger partial charge >= 0.3 is 5.97 Å². The molecule has 1 fully saturated rings. The smallest absolute Gasteiger partial charge is 0.338 e. The largest absolute Gasteiger partial charge is 0.452 e. The van der Waals surface area contributed by atoms with Crippen LogP contribution in [0, 0.1) is 10.1 Å². The molecule has 1 aliphatic heterocycles. The number of carbonyl (C=O) groups excluding carboxylic acids is 2. The standard InChI is InChI=1S/C18H16ClN3O7S/c19-15-10-14(22(25)26)5-6-16(15)20-17(23)11-29-18(24)12-3-1-4-13(9-12)21-7-2-8-30(21,27)28/h1,3-6,9-10H,2,7-8,11H2,(H,20,23). The number of anilines is 2. The van der Waals surface area contributed by atoms with Gasteiger partial charge in [0, 0.05) is 18.7 Å². The van der Waals surface area contributed by atoms with E-state index in [1.54, 1.807) is 6.07 Å². The zero-order valence-corrected chi connectivity index (χ0v) is 17.0. The molecule has 0 spiro atoms. The third-order valence-corrected chi connectivity index (χ3v) is 6.42. The van der Waals surface area contributed by atoms with E-state index in [1.165, 1.54) is 34.6 Å². The van der Waals surface area contributed by atoms with Crippen molar-refractivity contribution < 1.29 is 27.7 Å². The number of esters is 1. The second-order valence-corrected chi connectivity index (χ2v) is 8.76. The van der Waals surface area contributed by atoms with Gasteiger partial charge in [-0.2, -0.15) is 0 Å². The summed E-state index contributed by atoms with van der Waals surface area (Å²) in [6, 6.07) is 9.45. The van der Waals surface area contributed by atoms with Crippen LogP contribution in [0.3, 0.4) is 0 Å². The van der Waals surface area contributed by atoms with Crippen molar-refractivity contribution in [3.63, 3.8) is 0 Å². The maximum atomic E-state index is 12.2. The van der Waals surface area contributed by atoms with Gasteiger partial charge in [-0.1, -0.05) is 17.7 Å². The number of ether oxygens (including phenoxy) is 1. The molecule has 0 aliphatic carbocycles. The van der Waals surface area contributed by atoms with Crippen LogP contribution in [0.5, 0.6) is 0 Å². The maximum Gasteiger partial charge on any atom is 0.338 e. The molecular formula is C18H16ClN3O7S. The predicted octanol–water partition coefficient (Wildman–Crippen LogP) is 2.58. The van der Waals surface area contributed by atoms with Crippen LogP contribution in [0.1, 0.15) is 16.8 Å². The lowest BCUT2D eigenvalue weighted by molar-refractivity contribution is -0.384. The average Bonchev–Trinajstić information content (AvgIpc) is 3.06. The number of halogens is 1. The lowest BCUT2D eigenvalue weighted by atomic mass is 10.2. The number of sulfonamides is 1. The fourth-order valence-corrected chi connectivity index (χ4v) is 4.62. The minimum absolute atomic E-state index is 0.0385. The van der Waals surface area contributed by atoms with Crippen molar-refractivity contribution in [2.24, 2.45) is 0 Å². The lowest BCUT2D eigenvalue weighted by Gasteiger charge is -2.17. The SMILES string of the molecule is O=C(COC(=O)c1cccc(N2CCCS2(=O)=O)c1)Nc1ccc([N+](=O)[O-])cc1Cl. The minimum atomic E-state index is -3.39. The summed E-state index contributed by atoms with van der Waals surface area (Å²) in [6.45, 7) is -0.294. The van der Waals surface area contributed by atoms with Crippen LogP contribution in [0.15, 0.2) is 42.5 Å². The van der Waals surface area contributed by atoms with Crippen LogP contribution in [-0.4, -0.2) is 44.1 Å². The zero-order chi connectivity index (χ0) is 21.9. The first kappa shape index (κ1) is 21.5. The van der Waals surface area contributed by atoms with Crippen LogP contribution in [0.4, 0.5) is 17.1 Å². The molecule has 0 aromatic heterocycles. The second-order valence-electron chi connectivity index (χ2n) is 6.34. The topological polar surface area (TPSA) is 136 Å². The molecule has 1 aliphatic rings. The molecule has 3 rings (SSSR count). The Morgan fingerprint density at radius 2 is 2.00 bits per heavy atom. The van der Waals surface area contributed by atoms with Crippen molar-refractivity contribution in [3.05, 3.63) is 63.2 Å². The van der Waals surface area contributed by atoms with E-state index >= 15 is 0 Å². The van der Waals surface area contributed by atoms with Crippen LogP contribution in [-0.2, 0) is 19.6 Å². The first-order valence-electron chi connectivity index (χ1n) is 8.69. The number of nitro groups is 1. The van der Waals surface area contributed by atoms with E-state index in [0.29, 0.717) is 18.7 Å². The number of nitrogens with one attached hydrogen (secondary N) is 1. The van der Waals surface area contributed by atoms with Gasteiger partial charge in [-0.05, 0) is 30.7 Å². The molecule has 2 aromatic rings. The summed E-state index contributed by atoms with van der Waals surface area (Å²) in [6.07, 6.45) is 0.502. The number of non-ortho nitro benzene ring substituents is 1. The van der Waals surface area contributed by atoms with E-state index in [9.17, 15) is 28.1 Å². The molecule has 12 heteroatoms. The van der Waals surface area contributed by atoms with Crippen molar-refractivity contribution in [2.45, 2.75) is 6.42 Å². The fraction of sp³-hybridized carbons (Fsp3) is 0.222. The van der Waals surface area contributed by atoms with Crippen LogP contribution in [0.2, 0.25) is 5.02 Å². The first-order valence-corrected chi connectivity index (χ1v) is 10.7. The van der Waals surface area contributed by atoms with Gasteiger partial charge in [0.25, 0.3) is 11.6 Å². The minimum Gasteiger partial charge on any atom is -0.452 e. The number of hydrogen-bond acceptors (Lipinski definition) is 7. The zero-order valence-electron chi connectivity index (χ0n) is 15.4. The number of nitro benzene ring substituents is 1. The molecule has 0 bridgehead atoms. The summed E-state index contributed by atoms with van der Waals surface area (Å²) in [5, 5.41) is 13.1. The van der Waals surface area contributed by atoms with Gasteiger partial charge in [0.05, 0.1) is 32.6 Å². The molecule has 0 unspecified atom stereocenters. The molecule has 1 heterocycles. The summed E-state index contributed by atoms with van der Waals surface area (Å²) in [7, 11) is -3.39. The van der Waals surface area contributed by atoms with Crippen LogP contribution in [0.25, 0.3) is 0 Å². The van der Waals surface area contributed by atoms with Gasteiger partial charge in [-0.3, -0.25) is 19.2 Å². The third-order valence-electron chi connectivity index (χ3n) is 4.24. The Kier molecular flexibility index (Phi) is 6.22. The Morgan fingerprint density at radius 3 is 2.63 bits per heavy atom. The molecule has 0 radical (unpaired) electrons. The highest BCUT2D eigenvalue weighted by Gasteiger charge is 2.28. The molecule has 30 heavy (non-hydrogen) atoms. The molecule has 0 saturated carbocycles. The van der Waals surface area contributed by atoms with Crippen molar-refractivity contribution in [1.29, 1.82) is 0 Å². The molecule has 158 valence electrons. The van der Waals surface area contributed by atoms with E-state index in [-0.39, 0.29) is 27.7 Å². The molecule has 0 atom stereocenters. The van der Waals surface area contributed by atoms with Crippen LogP contribution >= 0.6 is 11.6 Å². The highest BCUT2D eigenvalue weighted by molar-refractivity contribution is 7.93. The molecule has 1 saturated heterocycles. The van der Waals surface area contributed by atoms with Gasteiger partial charge in [0.2, 0.25) is 10.0 Å². The number of hydrogen-bond donors (Lipinski definition) is 1. The fourth-order valence-electron chi connectivity index (χ4n) is 2.84. The predicted molar refractivity (Wildman–Crippen MR) is 109 cm³/mol. The first-order chi connectivity index (χ1) is 14.2. The van der Waals surface area contributed by atoms with Gasteiger partial charge in [0.15, 0.2) is 6.61 Å². The van der Waals surface area contributed by atoms with E-state index < -0.39 is 33.4 Å². The van der Waals surface area contributed by atoms with Gasteiger partial charge in [-0.25, -0.2) is 13.2 Å². The van der Waals surface area contributed by atoms with Gasteiger partial charge in [0.1, 0.15) is 0 Å². The Labute approximate surface area is 176 Å². The Hall–Kier alpha value is -3.18. The summed E-state index contributed by atoms with van der Waals surface area (Å²) in [4.78, 5) is 34.3. The molecule has 1 amide bonds. The van der Waals surface area contributed by atoms with Crippen molar-refractivity contribution >= 4 is 50.6 Å². The lowest BCUT2D eigenvalue weighted by Crippen LogP contribution is -2.25. The molecular weight excluding hydrogens is 438 g/mol. The third kappa shape index (κ3) is 4.86. The Bertz CT molecular complexity index is 1120. The van der Waals surface area contributed by atoms with E-state index in [0.717, 1.165) is 6.07 Å². The van der Waals surface area contributed by atoms with Gasteiger partial charge < -0.3 is 10.1 Å². The molecule has 2 aromatic carbocycles. The van der Waals surface area contributed by atoms with E-state index in [4.69, 9.17) is 16.3 Å². The van der Waals surface area contributed by atoms with E-state index in [1.807, 2.05) is 0 Å². The monoisotopic (exact) mass is 453 g/mol. The van der Waals surface area contributed by atoms with Crippen molar-refractivity contribution in [2.75, 3.05) is 28.5 Å². The number of benzene rings is 2. The number of rotatable bonds is 6. The molecule has 1 N–H and O–H groups in total. The van der Waals surface area contributed by atoms with Crippen LogP contribution < -0.4 is 9.62 Å². The van der Waals surface area contributed by atoms with E-state index in [2.05, 4.69) is 5.32 Å². The Morgan fingerprint density at radius 1 is 1.23 bits per heavy atom. The molecule has 10 nitrogen and oxygen atoms in total. The van der Waals surface area contributed by atoms with Crippen molar-refractivity contribution in [3.8, 4) is 0 Å². The maximum absolute atomic E-state index is 12.2. The summed E-state index contributed by atoms with van der Waals surface area (Å²) < 4.78 is 30.2. The summed E-state index contributed by atoms with van der Waals surface area (Å²) >= 11 is 5.90.